The standard InChI is InChI=1S/C27H44O4/c1-3-4-5-6-7-8-9-10-11-15-18-26(30-23-28-2)27-20-19-25(31-27)22-29-21-24-16-13-12-14-17-24/h12-14,16-17,19-20,25-27H,3-11,15,18,21-23H2,1-2H3/t25-,26-,27-/m1/s1. The van der Waals surface area contributed by atoms with Crippen LogP contribution in [0.4, 0.5) is 0 Å². The van der Waals surface area contributed by atoms with Gasteiger partial charge in [-0.15, -0.1) is 0 Å². The van der Waals surface area contributed by atoms with E-state index in [0.717, 1.165) is 6.42 Å². The Morgan fingerprint density at radius 1 is 0.871 bits per heavy atom. The molecule has 1 aliphatic rings. The zero-order valence-electron chi connectivity index (χ0n) is 19.8. The lowest BCUT2D eigenvalue weighted by Crippen LogP contribution is -2.31. The van der Waals surface area contributed by atoms with Crippen LogP contribution in [-0.4, -0.2) is 38.8 Å². The molecule has 0 bridgehead atoms. The van der Waals surface area contributed by atoms with Crippen molar-refractivity contribution in [2.24, 2.45) is 0 Å². The first kappa shape index (κ1) is 26.1. The molecule has 1 heterocycles. The molecule has 4 heteroatoms. The fourth-order valence-electron chi connectivity index (χ4n) is 4.03. The van der Waals surface area contributed by atoms with E-state index in [9.17, 15) is 0 Å². The maximum atomic E-state index is 6.18. The van der Waals surface area contributed by atoms with Crippen molar-refractivity contribution in [1.29, 1.82) is 0 Å². The average Bonchev–Trinajstić information content (AvgIpc) is 3.26. The molecule has 1 aliphatic heterocycles. The Kier molecular flexibility index (Phi) is 14.6. The van der Waals surface area contributed by atoms with Crippen molar-refractivity contribution in [3.05, 3.63) is 48.0 Å². The number of rotatable bonds is 19. The summed E-state index contributed by atoms with van der Waals surface area (Å²) in [4.78, 5) is 0. The molecule has 0 N–H and O–H groups in total. The van der Waals surface area contributed by atoms with E-state index >= 15 is 0 Å². The lowest BCUT2D eigenvalue weighted by atomic mass is 10.0. The molecule has 0 amide bonds. The molecule has 4 nitrogen and oxygen atoms in total. The van der Waals surface area contributed by atoms with E-state index in [4.69, 9.17) is 18.9 Å². The van der Waals surface area contributed by atoms with Crippen LogP contribution in [0.2, 0.25) is 0 Å². The highest BCUT2D eigenvalue weighted by molar-refractivity contribution is 5.13. The summed E-state index contributed by atoms with van der Waals surface area (Å²) in [6, 6.07) is 10.2. The van der Waals surface area contributed by atoms with Crippen LogP contribution in [0.3, 0.4) is 0 Å². The van der Waals surface area contributed by atoms with Gasteiger partial charge in [-0.3, -0.25) is 0 Å². The fraction of sp³-hybridized carbons (Fsp3) is 0.704. The van der Waals surface area contributed by atoms with Gasteiger partial charge in [0, 0.05) is 7.11 Å². The van der Waals surface area contributed by atoms with Crippen molar-refractivity contribution < 1.29 is 18.9 Å². The molecule has 2 rings (SSSR count). The van der Waals surface area contributed by atoms with Crippen molar-refractivity contribution in [2.75, 3.05) is 20.5 Å². The van der Waals surface area contributed by atoms with Gasteiger partial charge in [0.1, 0.15) is 12.9 Å². The van der Waals surface area contributed by atoms with Crippen LogP contribution in [0.1, 0.15) is 83.1 Å². The van der Waals surface area contributed by atoms with Crippen LogP contribution < -0.4 is 0 Å². The Morgan fingerprint density at radius 2 is 1.55 bits per heavy atom. The average molecular weight is 433 g/mol. The zero-order chi connectivity index (χ0) is 22.0. The van der Waals surface area contributed by atoms with Crippen LogP contribution in [0, 0.1) is 0 Å². The van der Waals surface area contributed by atoms with Crippen molar-refractivity contribution in [3.63, 3.8) is 0 Å². The van der Waals surface area contributed by atoms with Gasteiger partial charge in [-0.05, 0) is 12.0 Å². The second kappa shape index (κ2) is 17.4. The van der Waals surface area contributed by atoms with Gasteiger partial charge in [-0.25, -0.2) is 0 Å². The van der Waals surface area contributed by atoms with E-state index in [2.05, 4.69) is 31.2 Å². The Morgan fingerprint density at radius 3 is 2.23 bits per heavy atom. The van der Waals surface area contributed by atoms with E-state index in [1.54, 1.807) is 7.11 Å². The first-order valence-corrected chi connectivity index (χ1v) is 12.4. The van der Waals surface area contributed by atoms with Gasteiger partial charge in [0.15, 0.2) is 0 Å². The minimum atomic E-state index is -0.0148. The van der Waals surface area contributed by atoms with Gasteiger partial charge in [-0.2, -0.15) is 0 Å². The number of hydrogen-bond acceptors (Lipinski definition) is 4. The minimum absolute atomic E-state index is 0.00457. The third-order valence-corrected chi connectivity index (χ3v) is 5.85. The molecule has 0 saturated carbocycles. The molecular formula is C27H44O4. The molecule has 0 radical (unpaired) electrons. The van der Waals surface area contributed by atoms with E-state index in [-0.39, 0.29) is 18.3 Å². The largest absolute Gasteiger partial charge is 0.374 e. The van der Waals surface area contributed by atoms with Crippen LogP contribution in [0.25, 0.3) is 0 Å². The minimum Gasteiger partial charge on any atom is -0.374 e. The van der Waals surface area contributed by atoms with Gasteiger partial charge < -0.3 is 18.9 Å². The first-order valence-electron chi connectivity index (χ1n) is 12.4. The summed E-state index contributed by atoms with van der Waals surface area (Å²) in [5.74, 6) is 0. The third-order valence-electron chi connectivity index (χ3n) is 5.85. The molecule has 0 fully saturated rings. The summed E-state index contributed by atoms with van der Waals surface area (Å²) < 4.78 is 23.1. The first-order chi connectivity index (χ1) is 15.3. The summed E-state index contributed by atoms with van der Waals surface area (Å²) in [5.41, 5.74) is 1.18. The molecule has 176 valence electrons. The number of ether oxygens (including phenoxy) is 4. The molecule has 0 unspecified atom stereocenters. The fourth-order valence-corrected chi connectivity index (χ4v) is 4.03. The SMILES string of the molecule is CCCCCCCCCCCC[C@@H](OCOC)[C@H]1C=C[C@H](COCc2ccccc2)O1. The molecule has 0 aliphatic carbocycles. The number of hydrogen-bond donors (Lipinski definition) is 0. The highest BCUT2D eigenvalue weighted by atomic mass is 16.7. The Labute approximate surface area is 190 Å². The predicted octanol–water partition coefficient (Wildman–Crippen LogP) is 6.83. The molecule has 3 atom stereocenters. The van der Waals surface area contributed by atoms with Gasteiger partial charge >= 0.3 is 0 Å². The summed E-state index contributed by atoms with van der Waals surface area (Å²) in [7, 11) is 1.67. The maximum Gasteiger partial charge on any atom is 0.146 e. The van der Waals surface area contributed by atoms with Gasteiger partial charge in [-0.1, -0.05) is 114 Å². The van der Waals surface area contributed by atoms with E-state index in [1.165, 1.54) is 69.8 Å². The van der Waals surface area contributed by atoms with Crippen LogP contribution in [-0.2, 0) is 25.6 Å². The second-order valence-electron chi connectivity index (χ2n) is 8.61. The maximum absolute atomic E-state index is 6.18. The summed E-state index contributed by atoms with van der Waals surface area (Å²) in [6.45, 7) is 3.76. The lowest BCUT2D eigenvalue weighted by molar-refractivity contribution is -0.127. The monoisotopic (exact) mass is 432 g/mol. The highest BCUT2D eigenvalue weighted by Gasteiger charge is 2.27. The molecule has 1 aromatic carbocycles. The Balaban J connectivity index is 1.58. The summed E-state index contributed by atoms with van der Waals surface area (Å²) >= 11 is 0. The van der Waals surface area contributed by atoms with Gasteiger partial charge in [0.25, 0.3) is 0 Å². The molecule has 1 aromatic rings. The molecule has 0 aromatic heterocycles. The molecular weight excluding hydrogens is 388 g/mol. The van der Waals surface area contributed by atoms with Crippen molar-refractivity contribution in [3.8, 4) is 0 Å². The normalized spacial score (nSPS) is 19.2. The molecule has 0 saturated heterocycles. The Bertz CT molecular complexity index is 560. The molecule has 0 spiro atoms. The number of benzene rings is 1. The summed E-state index contributed by atoms with van der Waals surface area (Å²) in [6.07, 6.45) is 18.7. The smallest absolute Gasteiger partial charge is 0.146 e. The van der Waals surface area contributed by atoms with Gasteiger partial charge in [0.2, 0.25) is 0 Å². The van der Waals surface area contributed by atoms with E-state index in [1.807, 2.05) is 18.2 Å². The Hall–Kier alpha value is -1.20. The zero-order valence-corrected chi connectivity index (χ0v) is 19.8. The lowest BCUT2D eigenvalue weighted by Gasteiger charge is -2.24. The van der Waals surface area contributed by atoms with E-state index < -0.39 is 0 Å². The quantitative estimate of drug-likeness (QED) is 0.136. The second-order valence-corrected chi connectivity index (χ2v) is 8.61. The predicted molar refractivity (Wildman–Crippen MR) is 127 cm³/mol. The van der Waals surface area contributed by atoms with Gasteiger partial charge in [0.05, 0.1) is 25.4 Å². The molecule has 31 heavy (non-hydrogen) atoms. The van der Waals surface area contributed by atoms with Crippen LogP contribution in [0.15, 0.2) is 42.5 Å². The highest BCUT2D eigenvalue weighted by Crippen LogP contribution is 2.22. The van der Waals surface area contributed by atoms with Crippen LogP contribution in [0.5, 0.6) is 0 Å². The van der Waals surface area contributed by atoms with E-state index in [0.29, 0.717) is 20.0 Å². The third kappa shape index (κ3) is 11.8. The topological polar surface area (TPSA) is 36.9 Å². The summed E-state index contributed by atoms with van der Waals surface area (Å²) in [5, 5.41) is 0. The van der Waals surface area contributed by atoms with Crippen molar-refractivity contribution in [2.45, 2.75) is 102 Å². The number of unbranched alkanes of at least 4 members (excludes halogenated alkanes) is 9. The van der Waals surface area contributed by atoms with Crippen molar-refractivity contribution in [1.82, 2.24) is 0 Å². The van der Waals surface area contributed by atoms with Crippen LogP contribution >= 0.6 is 0 Å². The number of methoxy groups -OCH3 is 1. The van der Waals surface area contributed by atoms with Crippen molar-refractivity contribution >= 4 is 0 Å².